The van der Waals surface area contributed by atoms with E-state index >= 15 is 0 Å². The SMILES string of the molecule is CCCC1=C(C)CCC=C1NC. The van der Waals surface area contributed by atoms with Crippen molar-refractivity contribution in [1.82, 2.24) is 5.32 Å². The maximum Gasteiger partial charge on any atom is 0.0329 e. The largest absolute Gasteiger partial charge is 0.388 e. The number of hydrogen-bond acceptors (Lipinski definition) is 1. The highest BCUT2D eigenvalue weighted by molar-refractivity contribution is 5.36. The first-order valence-corrected chi connectivity index (χ1v) is 4.86. The average Bonchev–Trinajstić information content (AvgIpc) is 2.09. The van der Waals surface area contributed by atoms with E-state index in [0.717, 1.165) is 0 Å². The molecule has 0 aromatic carbocycles. The summed E-state index contributed by atoms with van der Waals surface area (Å²) in [6.45, 7) is 4.50. The van der Waals surface area contributed by atoms with Gasteiger partial charge in [-0.2, -0.15) is 0 Å². The molecule has 0 spiro atoms. The Hall–Kier alpha value is -0.720. The van der Waals surface area contributed by atoms with Gasteiger partial charge in [0.25, 0.3) is 0 Å². The fourth-order valence-corrected chi connectivity index (χ4v) is 1.79. The van der Waals surface area contributed by atoms with Crippen LogP contribution in [0.1, 0.15) is 39.5 Å². The molecule has 0 amide bonds. The Morgan fingerprint density at radius 1 is 1.50 bits per heavy atom. The lowest BCUT2D eigenvalue weighted by atomic mass is 9.93. The Morgan fingerprint density at radius 2 is 2.25 bits per heavy atom. The molecule has 0 unspecified atom stereocenters. The van der Waals surface area contributed by atoms with E-state index in [1.165, 1.54) is 31.4 Å². The van der Waals surface area contributed by atoms with Crippen LogP contribution in [0.5, 0.6) is 0 Å². The Bertz CT molecular complexity index is 211. The first-order chi connectivity index (χ1) is 5.79. The summed E-state index contributed by atoms with van der Waals surface area (Å²) >= 11 is 0. The van der Waals surface area contributed by atoms with Gasteiger partial charge in [-0.15, -0.1) is 0 Å². The van der Waals surface area contributed by atoms with E-state index in [2.05, 4.69) is 25.2 Å². The van der Waals surface area contributed by atoms with Crippen molar-refractivity contribution in [3.05, 3.63) is 22.9 Å². The molecule has 0 heterocycles. The Kier molecular flexibility index (Phi) is 3.39. The van der Waals surface area contributed by atoms with E-state index in [0.29, 0.717) is 0 Å². The van der Waals surface area contributed by atoms with Gasteiger partial charge >= 0.3 is 0 Å². The van der Waals surface area contributed by atoms with Crippen molar-refractivity contribution < 1.29 is 0 Å². The highest BCUT2D eigenvalue weighted by Crippen LogP contribution is 2.26. The molecule has 0 aliphatic heterocycles. The summed E-state index contributed by atoms with van der Waals surface area (Å²) in [7, 11) is 2.01. The molecule has 0 aromatic rings. The molecular formula is C11H19N. The van der Waals surface area contributed by atoms with E-state index < -0.39 is 0 Å². The molecule has 0 radical (unpaired) electrons. The van der Waals surface area contributed by atoms with Crippen LogP contribution in [0, 0.1) is 0 Å². The van der Waals surface area contributed by atoms with Gasteiger partial charge < -0.3 is 5.32 Å². The molecule has 0 saturated heterocycles. The maximum absolute atomic E-state index is 3.27. The third-order valence-electron chi connectivity index (χ3n) is 2.48. The van der Waals surface area contributed by atoms with Crippen LogP contribution in [0.4, 0.5) is 0 Å². The molecule has 0 atom stereocenters. The number of rotatable bonds is 3. The molecule has 68 valence electrons. The van der Waals surface area contributed by atoms with Gasteiger partial charge in [-0.3, -0.25) is 0 Å². The predicted molar refractivity (Wildman–Crippen MR) is 54.0 cm³/mol. The van der Waals surface area contributed by atoms with E-state index in [9.17, 15) is 0 Å². The van der Waals surface area contributed by atoms with Crippen LogP contribution < -0.4 is 5.32 Å². The Balaban J connectivity index is 2.79. The lowest BCUT2D eigenvalue weighted by molar-refractivity contribution is 0.798. The van der Waals surface area contributed by atoms with E-state index in [1.54, 1.807) is 11.1 Å². The van der Waals surface area contributed by atoms with Gasteiger partial charge in [0.05, 0.1) is 0 Å². The summed E-state index contributed by atoms with van der Waals surface area (Å²) in [6.07, 6.45) is 7.23. The summed E-state index contributed by atoms with van der Waals surface area (Å²) in [5.74, 6) is 0. The first kappa shape index (κ1) is 9.37. The van der Waals surface area contributed by atoms with Crippen LogP contribution >= 0.6 is 0 Å². The fraction of sp³-hybridized carbons (Fsp3) is 0.636. The highest BCUT2D eigenvalue weighted by atomic mass is 14.8. The third-order valence-corrected chi connectivity index (χ3v) is 2.48. The van der Waals surface area contributed by atoms with E-state index in [1.807, 2.05) is 7.05 Å². The molecule has 1 aliphatic carbocycles. The van der Waals surface area contributed by atoms with Gasteiger partial charge in [0.15, 0.2) is 0 Å². The van der Waals surface area contributed by atoms with Crippen molar-refractivity contribution in [1.29, 1.82) is 0 Å². The second-order valence-electron chi connectivity index (χ2n) is 3.42. The average molecular weight is 165 g/mol. The second kappa shape index (κ2) is 4.34. The van der Waals surface area contributed by atoms with Crippen molar-refractivity contribution in [2.24, 2.45) is 0 Å². The van der Waals surface area contributed by atoms with Crippen molar-refractivity contribution in [2.75, 3.05) is 7.05 Å². The lowest BCUT2D eigenvalue weighted by Crippen LogP contribution is -2.12. The molecule has 1 aliphatic rings. The van der Waals surface area contributed by atoms with Gasteiger partial charge in [0, 0.05) is 12.7 Å². The monoisotopic (exact) mass is 165 g/mol. The zero-order chi connectivity index (χ0) is 8.97. The zero-order valence-corrected chi connectivity index (χ0v) is 8.41. The van der Waals surface area contributed by atoms with Crippen LogP contribution in [0.25, 0.3) is 0 Å². The fourth-order valence-electron chi connectivity index (χ4n) is 1.79. The smallest absolute Gasteiger partial charge is 0.0329 e. The van der Waals surface area contributed by atoms with E-state index in [-0.39, 0.29) is 0 Å². The van der Waals surface area contributed by atoms with Gasteiger partial charge in [0.2, 0.25) is 0 Å². The zero-order valence-electron chi connectivity index (χ0n) is 8.41. The van der Waals surface area contributed by atoms with Crippen molar-refractivity contribution in [2.45, 2.75) is 39.5 Å². The van der Waals surface area contributed by atoms with Crippen LogP contribution in [-0.2, 0) is 0 Å². The minimum absolute atomic E-state index is 1.20. The number of hydrogen-bond donors (Lipinski definition) is 1. The summed E-state index contributed by atoms with van der Waals surface area (Å²) < 4.78 is 0. The standard InChI is InChI=1S/C11H19N/c1-4-6-10-9(2)7-5-8-11(10)12-3/h8,12H,4-7H2,1-3H3. The molecule has 0 fully saturated rings. The van der Waals surface area contributed by atoms with Crippen LogP contribution in [0.3, 0.4) is 0 Å². The van der Waals surface area contributed by atoms with Crippen LogP contribution in [0.2, 0.25) is 0 Å². The summed E-state index contributed by atoms with van der Waals surface area (Å²) in [4.78, 5) is 0. The minimum atomic E-state index is 1.20. The Labute approximate surface area is 75.6 Å². The van der Waals surface area contributed by atoms with Gasteiger partial charge in [-0.25, -0.2) is 0 Å². The highest BCUT2D eigenvalue weighted by Gasteiger charge is 2.10. The molecule has 12 heavy (non-hydrogen) atoms. The van der Waals surface area contributed by atoms with Gasteiger partial charge in [-0.1, -0.05) is 25.0 Å². The molecular weight excluding hydrogens is 146 g/mol. The van der Waals surface area contributed by atoms with Gasteiger partial charge in [0.1, 0.15) is 0 Å². The summed E-state index contributed by atoms with van der Waals surface area (Å²) in [6, 6.07) is 0. The molecule has 0 aromatic heterocycles. The van der Waals surface area contributed by atoms with Crippen molar-refractivity contribution in [3.63, 3.8) is 0 Å². The van der Waals surface area contributed by atoms with Crippen LogP contribution in [0.15, 0.2) is 22.9 Å². The first-order valence-electron chi connectivity index (χ1n) is 4.86. The molecule has 0 bridgehead atoms. The molecule has 1 nitrogen and oxygen atoms in total. The molecule has 1 heteroatoms. The quantitative estimate of drug-likeness (QED) is 0.678. The maximum atomic E-state index is 3.27. The second-order valence-corrected chi connectivity index (χ2v) is 3.42. The number of allylic oxidation sites excluding steroid dienone is 3. The number of nitrogens with one attached hydrogen (secondary N) is 1. The summed E-state index contributed by atoms with van der Waals surface area (Å²) in [5, 5.41) is 3.27. The molecule has 0 saturated carbocycles. The lowest BCUT2D eigenvalue weighted by Gasteiger charge is -2.19. The molecule has 1 N–H and O–H groups in total. The molecule has 1 rings (SSSR count). The normalized spacial score (nSPS) is 17.8. The number of likely N-dealkylation sites (N-methyl/N-ethyl adjacent to an activating group) is 1. The van der Waals surface area contributed by atoms with Crippen molar-refractivity contribution >= 4 is 0 Å². The Morgan fingerprint density at radius 3 is 2.83 bits per heavy atom. The van der Waals surface area contributed by atoms with Crippen molar-refractivity contribution in [3.8, 4) is 0 Å². The topological polar surface area (TPSA) is 12.0 Å². The van der Waals surface area contributed by atoms with E-state index in [4.69, 9.17) is 0 Å². The van der Waals surface area contributed by atoms with Crippen LogP contribution in [-0.4, -0.2) is 7.05 Å². The predicted octanol–water partition coefficient (Wildman–Crippen LogP) is 3.00. The third kappa shape index (κ3) is 1.90. The minimum Gasteiger partial charge on any atom is -0.388 e. The summed E-state index contributed by atoms with van der Waals surface area (Å²) in [5.41, 5.74) is 4.48. The van der Waals surface area contributed by atoms with Gasteiger partial charge in [-0.05, 0) is 31.8 Å².